The molecule has 0 bridgehead atoms. The summed E-state index contributed by atoms with van der Waals surface area (Å²) in [5, 5.41) is 17.4. The van der Waals surface area contributed by atoms with Crippen LogP contribution in [0.5, 0.6) is 0 Å². The molecule has 15 nitrogen and oxygen atoms in total. The monoisotopic (exact) mass is 814 g/mol. The molecular formula is C39H55ClN8O7S. The first-order chi connectivity index (χ1) is 26.3. The number of imidazole rings is 1. The van der Waals surface area contributed by atoms with Crippen molar-refractivity contribution < 1.29 is 33.7 Å². The lowest BCUT2D eigenvalue weighted by Gasteiger charge is -2.43. The number of nitrogens with zero attached hydrogens (tertiary/aromatic N) is 6. The van der Waals surface area contributed by atoms with Crippen LogP contribution >= 0.6 is 23.4 Å². The quantitative estimate of drug-likeness (QED) is 0.252. The number of aryl methyl sites for hydroxylation is 2. The average molecular weight is 815 g/mol. The molecular weight excluding hydrogens is 760 g/mol. The number of aliphatic hydroxyl groups is 1. The Balaban J connectivity index is 1.13. The summed E-state index contributed by atoms with van der Waals surface area (Å²) in [6.45, 7) is 19.2. The zero-order valence-corrected chi connectivity index (χ0v) is 35.4. The van der Waals surface area contributed by atoms with Crippen molar-refractivity contribution in [2.24, 2.45) is 5.41 Å². The highest BCUT2D eigenvalue weighted by molar-refractivity contribution is 7.99. The Hall–Kier alpha value is -3.86. The van der Waals surface area contributed by atoms with Crippen LogP contribution in [0.25, 0.3) is 5.65 Å². The van der Waals surface area contributed by atoms with Gasteiger partial charge in [-0.25, -0.2) is 24.5 Å². The maximum absolute atomic E-state index is 13.8. The van der Waals surface area contributed by atoms with E-state index < -0.39 is 23.4 Å². The summed E-state index contributed by atoms with van der Waals surface area (Å²) in [7, 11) is 0. The fraction of sp³-hybridized carbons (Fsp3) is 0.641. The number of amides is 3. The van der Waals surface area contributed by atoms with Crippen LogP contribution < -0.4 is 15.5 Å². The number of piperidine rings is 2. The highest BCUT2D eigenvalue weighted by Gasteiger charge is 2.51. The number of aromatic nitrogens is 4. The van der Waals surface area contributed by atoms with Crippen molar-refractivity contribution in [3.63, 3.8) is 0 Å². The second kappa shape index (κ2) is 16.2. The second-order valence-corrected chi connectivity index (χ2v) is 18.5. The molecule has 6 rings (SSSR count). The number of hydrogen-bond donors (Lipinski definition) is 3. The first kappa shape index (κ1) is 41.8. The van der Waals surface area contributed by atoms with Gasteiger partial charge in [0, 0.05) is 48.7 Å². The van der Waals surface area contributed by atoms with Gasteiger partial charge in [0.25, 0.3) is 5.91 Å². The lowest BCUT2D eigenvalue weighted by molar-refractivity contribution is 0.0430. The molecule has 3 aromatic rings. The molecule has 3 aliphatic rings. The molecule has 3 saturated heterocycles. The third-order valence-corrected chi connectivity index (χ3v) is 12.1. The fourth-order valence-corrected chi connectivity index (χ4v) is 8.93. The zero-order valence-electron chi connectivity index (χ0n) is 33.8. The Morgan fingerprint density at radius 1 is 0.964 bits per heavy atom. The van der Waals surface area contributed by atoms with Crippen LogP contribution in [0, 0.1) is 19.3 Å². The Labute approximate surface area is 337 Å². The summed E-state index contributed by atoms with van der Waals surface area (Å²) in [5.41, 5.74) is 1.16. The number of aliphatic hydroxyl groups excluding tert-OH is 1. The third-order valence-electron chi connectivity index (χ3n) is 10.5. The van der Waals surface area contributed by atoms with E-state index >= 15 is 0 Å². The topological polar surface area (TPSA) is 173 Å². The van der Waals surface area contributed by atoms with E-state index in [-0.39, 0.29) is 36.1 Å². The number of anilines is 1. The van der Waals surface area contributed by atoms with Gasteiger partial charge in [-0.1, -0.05) is 23.4 Å². The zero-order chi connectivity index (χ0) is 40.7. The van der Waals surface area contributed by atoms with Gasteiger partial charge < -0.3 is 39.8 Å². The van der Waals surface area contributed by atoms with Gasteiger partial charge in [-0.05, 0) is 94.1 Å². The van der Waals surface area contributed by atoms with Crippen molar-refractivity contribution >= 4 is 52.9 Å². The van der Waals surface area contributed by atoms with E-state index in [1.165, 1.54) is 11.8 Å². The highest BCUT2D eigenvalue weighted by Crippen LogP contribution is 2.44. The maximum Gasteiger partial charge on any atom is 0.407 e. The summed E-state index contributed by atoms with van der Waals surface area (Å²) in [4.78, 5) is 57.9. The summed E-state index contributed by atoms with van der Waals surface area (Å²) < 4.78 is 18.7. The number of hydrogen-bond acceptors (Lipinski definition) is 12. The Morgan fingerprint density at radius 2 is 1.59 bits per heavy atom. The number of fused-ring (bicyclic) bond motifs is 1. The molecule has 0 unspecified atom stereocenters. The van der Waals surface area contributed by atoms with Crippen LogP contribution in [0.15, 0.2) is 22.2 Å². The molecule has 306 valence electrons. The fourth-order valence-electron chi connectivity index (χ4n) is 7.75. The van der Waals surface area contributed by atoms with Gasteiger partial charge >= 0.3 is 12.2 Å². The summed E-state index contributed by atoms with van der Waals surface area (Å²) >= 11 is 8.30. The van der Waals surface area contributed by atoms with Gasteiger partial charge in [0.2, 0.25) is 0 Å². The van der Waals surface area contributed by atoms with Crippen LogP contribution in [-0.2, 0) is 20.8 Å². The van der Waals surface area contributed by atoms with E-state index in [2.05, 4.69) is 15.5 Å². The largest absolute Gasteiger partial charge is 0.444 e. The number of carbonyl (C=O) groups excluding carboxylic acids is 3. The smallest absolute Gasteiger partial charge is 0.407 e. The molecule has 0 aromatic carbocycles. The molecule has 3 fully saturated rings. The predicted octanol–water partition coefficient (Wildman–Crippen LogP) is 6.07. The van der Waals surface area contributed by atoms with Crippen molar-refractivity contribution in [3.8, 4) is 0 Å². The van der Waals surface area contributed by atoms with E-state index in [0.717, 1.165) is 12.8 Å². The van der Waals surface area contributed by atoms with Gasteiger partial charge in [0.05, 0.1) is 41.8 Å². The van der Waals surface area contributed by atoms with Crippen LogP contribution in [0.4, 0.5) is 15.4 Å². The summed E-state index contributed by atoms with van der Waals surface area (Å²) in [6.07, 6.45) is 3.47. The number of alkyl carbamates (subject to hydrolysis) is 2. The lowest BCUT2D eigenvalue weighted by atomic mass is 9.73. The molecule has 56 heavy (non-hydrogen) atoms. The Kier molecular flexibility index (Phi) is 12.1. The van der Waals surface area contributed by atoms with E-state index in [9.17, 15) is 19.5 Å². The van der Waals surface area contributed by atoms with Crippen LogP contribution in [-0.4, -0.2) is 110 Å². The number of halogens is 1. The molecule has 3 aliphatic heterocycles. The minimum absolute atomic E-state index is 0.0800. The molecule has 17 heteroatoms. The molecule has 0 saturated carbocycles. The van der Waals surface area contributed by atoms with Gasteiger partial charge in [-0.2, -0.15) is 0 Å². The summed E-state index contributed by atoms with van der Waals surface area (Å²) in [5.74, 6) is 0.478. The molecule has 3 amide bonds. The molecule has 2 atom stereocenters. The molecule has 3 aromatic heterocycles. The van der Waals surface area contributed by atoms with Gasteiger partial charge in [-0.15, -0.1) is 0 Å². The summed E-state index contributed by atoms with van der Waals surface area (Å²) in [6, 6.07) is 1.56. The van der Waals surface area contributed by atoms with E-state index in [1.807, 2.05) is 61.5 Å². The minimum atomic E-state index is -0.601. The van der Waals surface area contributed by atoms with Crippen molar-refractivity contribution in [1.82, 2.24) is 34.9 Å². The maximum atomic E-state index is 13.8. The number of pyridine rings is 1. The van der Waals surface area contributed by atoms with Crippen LogP contribution in [0.1, 0.15) is 102 Å². The number of nitrogens with one attached hydrogen (secondary N) is 2. The average Bonchev–Trinajstić information content (AvgIpc) is 3.60. The van der Waals surface area contributed by atoms with Crippen molar-refractivity contribution in [1.29, 1.82) is 0 Å². The number of likely N-dealkylation sites (tertiary alicyclic amines) is 1. The molecule has 3 N–H and O–H groups in total. The molecule has 6 heterocycles. The molecule has 0 aliphatic carbocycles. The van der Waals surface area contributed by atoms with Crippen LogP contribution in [0.2, 0.25) is 5.02 Å². The first-order valence-electron chi connectivity index (χ1n) is 19.3. The first-order valence-corrected chi connectivity index (χ1v) is 20.4. The van der Waals surface area contributed by atoms with Gasteiger partial charge in [-0.3, -0.25) is 9.20 Å². The standard InChI is InChI=1S/C39H55ClN8O7S/c1-22-29(34(50)47-15-10-25(11-16-47)43-35(51)54-37(4,5)6)48-17-12-27(28(40)32(48)41-22)56-33-23(2)42-31(26(20-49)44-33)46-18-13-39(14-19-46)21-53-24(3)30(39)45-36(52)55-38(7,8)9/h12,17,24-25,30,49H,10-11,13-16,18-21H2,1-9H3,(H,43,51)(H,45,52)/t24-,30+/m0/s1. The van der Waals surface area contributed by atoms with E-state index in [1.54, 1.807) is 22.4 Å². The number of carbonyl (C=O) groups is 3. The Bertz CT molecular complexity index is 1960. The Morgan fingerprint density at radius 3 is 2.20 bits per heavy atom. The molecule has 1 spiro atoms. The lowest BCUT2D eigenvalue weighted by Crippen LogP contribution is -2.55. The van der Waals surface area contributed by atoms with Crippen molar-refractivity contribution in [2.75, 3.05) is 37.7 Å². The molecule has 0 radical (unpaired) electrons. The van der Waals surface area contributed by atoms with Crippen molar-refractivity contribution in [2.45, 2.75) is 134 Å². The number of rotatable bonds is 7. The third kappa shape index (κ3) is 9.13. The highest BCUT2D eigenvalue weighted by atomic mass is 35.5. The number of ether oxygens (including phenoxy) is 3. The van der Waals surface area contributed by atoms with Gasteiger partial charge in [0.1, 0.15) is 27.6 Å². The van der Waals surface area contributed by atoms with Crippen molar-refractivity contribution in [3.05, 3.63) is 40.1 Å². The minimum Gasteiger partial charge on any atom is -0.444 e. The second-order valence-electron chi connectivity index (χ2n) is 17.1. The van der Waals surface area contributed by atoms with Gasteiger partial charge in [0.15, 0.2) is 11.5 Å². The van der Waals surface area contributed by atoms with Crippen LogP contribution in [0.3, 0.4) is 0 Å². The van der Waals surface area contributed by atoms with E-state index in [0.29, 0.717) is 94.8 Å². The SMILES string of the molecule is Cc1nc(N2CCC3(CC2)CO[C@@H](C)[C@H]3NC(=O)OC(C)(C)C)c(CO)nc1Sc1ccn2c(C(=O)N3CCC(NC(=O)OC(C)(C)C)CC3)c(C)nc2c1Cl. The normalized spacial score (nSPS) is 20.4. The van der Waals surface area contributed by atoms with E-state index in [4.69, 9.17) is 40.8 Å². The predicted molar refractivity (Wildman–Crippen MR) is 213 cm³/mol.